The van der Waals surface area contributed by atoms with E-state index in [4.69, 9.17) is 9.47 Å². The van der Waals surface area contributed by atoms with Crippen LogP contribution in [0.4, 0.5) is 0 Å². The molecule has 8 atom stereocenters. The lowest BCUT2D eigenvalue weighted by Crippen LogP contribution is -2.60. The summed E-state index contributed by atoms with van der Waals surface area (Å²) in [6.45, 7) is 5.72. The number of carbonyl (C=O) groups excluding carboxylic acids is 1. The number of unbranched alkanes of at least 4 members (excludes halogenated alkanes) is 22. The molecule has 1 aliphatic heterocycles. The van der Waals surface area contributed by atoms with Gasteiger partial charge >= 0.3 is 0 Å². The maximum atomic E-state index is 13.0. The Bertz CT molecular complexity index is 961. The number of hydrogen-bond donors (Lipinski definition) is 7. The zero-order valence-electron chi connectivity index (χ0n) is 35.3. The molecular weight excluding hydrogens is 698 g/mol. The second kappa shape index (κ2) is 34.7. The molecule has 0 bridgehead atoms. The molecule has 0 aromatic carbocycles. The van der Waals surface area contributed by atoms with Crippen LogP contribution in [0.1, 0.15) is 194 Å². The summed E-state index contributed by atoms with van der Waals surface area (Å²) in [6.07, 6.45) is 27.8. The Morgan fingerprint density at radius 1 is 0.691 bits per heavy atom. The Kier molecular flexibility index (Phi) is 32.5. The van der Waals surface area contributed by atoms with Crippen molar-refractivity contribution in [2.24, 2.45) is 0 Å². The van der Waals surface area contributed by atoms with E-state index in [2.05, 4.69) is 32.2 Å². The molecule has 1 rings (SSSR count). The molecular formula is C45H85NO9. The standard InChI is InChI=1S/C45H85NO9/c1-4-6-8-10-12-13-14-15-16-17-18-19-20-21-22-24-28-33-39(49)44(53)46-37(35-54-45-43(52)42(51)41(50)40(34-47)55-45)38(48)32-29-25-27-31-36(3)30-26-23-11-9-7-5-2/h29,31-32,37-43,45,47-52H,4-28,30,33-35H2,1-3H3,(H,46,53)/t37-,38+,39+,40+,41+,42-,43+,45+/m0/s1. The van der Waals surface area contributed by atoms with Crippen molar-refractivity contribution in [3.63, 3.8) is 0 Å². The fraction of sp³-hybridized carbons (Fsp3) is 0.889. The highest BCUT2D eigenvalue weighted by Gasteiger charge is 2.44. The molecule has 0 aliphatic carbocycles. The van der Waals surface area contributed by atoms with Gasteiger partial charge in [-0.05, 0) is 39.0 Å². The van der Waals surface area contributed by atoms with Crippen LogP contribution in [0.15, 0.2) is 23.8 Å². The minimum Gasteiger partial charge on any atom is -0.394 e. The van der Waals surface area contributed by atoms with Gasteiger partial charge in [0.05, 0.1) is 25.4 Å². The summed E-state index contributed by atoms with van der Waals surface area (Å²) in [4.78, 5) is 13.0. The number of hydrogen-bond acceptors (Lipinski definition) is 9. The minimum atomic E-state index is -1.61. The summed E-state index contributed by atoms with van der Waals surface area (Å²) in [7, 11) is 0. The summed E-state index contributed by atoms with van der Waals surface area (Å²) in [5.74, 6) is -0.625. The van der Waals surface area contributed by atoms with Gasteiger partial charge in [-0.15, -0.1) is 0 Å². The average Bonchev–Trinajstić information content (AvgIpc) is 3.18. The van der Waals surface area contributed by atoms with Crippen molar-refractivity contribution in [3.05, 3.63) is 23.8 Å². The second-order valence-electron chi connectivity index (χ2n) is 16.2. The van der Waals surface area contributed by atoms with Crippen molar-refractivity contribution in [1.29, 1.82) is 0 Å². The van der Waals surface area contributed by atoms with Gasteiger partial charge in [-0.2, -0.15) is 0 Å². The van der Waals surface area contributed by atoms with Crippen LogP contribution >= 0.6 is 0 Å². The number of ether oxygens (including phenoxy) is 2. The number of amides is 1. The van der Waals surface area contributed by atoms with Crippen LogP contribution in [-0.2, 0) is 14.3 Å². The largest absolute Gasteiger partial charge is 0.394 e. The van der Waals surface area contributed by atoms with Gasteiger partial charge in [0.2, 0.25) is 5.91 Å². The minimum absolute atomic E-state index is 0.307. The van der Waals surface area contributed by atoms with Crippen LogP contribution in [0.25, 0.3) is 0 Å². The topological polar surface area (TPSA) is 169 Å². The monoisotopic (exact) mass is 784 g/mol. The van der Waals surface area contributed by atoms with E-state index in [-0.39, 0.29) is 6.61 Å². The molecule has 0 aromatic rings. The molecule has 1 aliphatic rings. The van der Waals surface area contributed by atoms with Crippen LogP contribution in [0.3, 0.4) is 0 Å². The Labute approximate surface area is 335 Å². The van der Waals surface area contributed by atoms with Gasteiger partial charge in [0, 0.05) is 0 Å². The SMILES string of the molecule is CCCCCCCCCCCCCCCCCCC[C@@H](O)C(=O)N[C@@H](CO[C@@H]1O[C@H](CO)[C@@H](O)[C@H](O)[C@H]1O)[C@H](O)C=CCCC=C(C)CCCCCCCC. The quantitative estimate of drug-likeness (QED) is 0.0245. The van der Waals surface area contributed by atoms with E-state index >= 15 is 0 Å². The van der Waals surface area contributed by atoms with Gasteiger partial charge in [-0.25, -0.2) is 0 Å². The van der Waals surface area contributed by atoms with E-state index in [1.54, 1.807) is 6.08 Å². The average molecular weight is 784 g/mol. The zero-order valence-corrected chi connectivity index (χ0v) is 35.3. The van der Waals surface area contributed by atoms with Gasteiger partial charge < -0.3 is 45.4 Å². The Morgan fingerprint density at radius 2 is 1.18 bits per heavy atom. The van der Waals surface area contributed by atoms with Crippen LogP contribution in [0.5, 0.6) is 0 Å². The summed E-state index contributed by atoms with van der Waals surface area (Å²) in [5, 5.41) is 64.6. The molecule has 0 spiro atoms. The lowest BCUT2D eigenvalue weighted by Gasteiger charge is -2.40. The van der Waals surface area contributed by atoms with Crippen LogP contribution in [0.2, 0.25) is 0 Å². The van der Waals surface area contributed by atoms with E-state index in [9.17, 15) is 35.4 Å². The van der Waals surface area contributed by atoms with Crippen LogP contribution in [-0.4, -0.2) is 98.7 Å². The number of nitrogens with one attached hydrogen (secondary N) is 1. The first-order valence-corrected chi connectivity index (χ1v) is 22.6. The third-order valence-corrected chi connectivity index (χ3v) is 11.0. The van der Waals surface area contributed by atoms with Gasteiger partial charge in [0.1, 0.15) is 30.5 Å². The number of allylic oxidation sites excluding steroid dienone is 3. The molecule has 10 heteroatoms. The molecule has 0 unspecified atom stereocenters. The smallest absolute Gasteiger partial charge is 0.249 e. The molecule has 1 fully saturated rings. The first-order chi connectivity index (χ1) is 26.7. The number of aliphatic hydroxyl groups is 6. The fourth-order valence-corrected chi connectivity index (χ4v) is 7.18. The molecule has 10 nitrogen and oxygen atoms in total. The fourth-order valence-electron chi connectivity index (χ4n) is 7.18. The molecule has 55 heavy (non-hydrogen) atoms. The predicted octanol–water partition coefficient (Wildman–Crippen LogP) is 8.08. The Morgan fingerprint density at radius 3 is 1.69 bits per heavy atom. The van der Waals surface area contributed by atoms with Crippen molar-refractivity contribution in [2.75, 3.05) is 13.2 Å². The number of rotatable bonds is 36. The molecule has 7 N–H and O–H groups in total. The highest BCUT2D eigenvalue weighted by atomic mass is 16.7. The van der Waals surface area contributed by atoms with Gasteiger partial charge in [-0.3, -0.25) is 4.79 Å². The van der Waals surface area contributed by atoms with Crippen LogP contribution < -0.4 is 5.32 Å². The molecule has 0 saturated carbocycles. The Hall–Kier alpha value is -1.37. The Balaban J connectivity index is 2.47. The molecule has 0 aromatic heterocycles. The third-order valence-electron chi connectivity index (χ3n) is 11.0. The van der Waals surface area contributed by atoms with Gasteiger partial charge in [0.15, 0.2) is 6.29 Å². The summed E-state index contributed by atoms with van der Waals surface area (Å²) in [6, 6.07) is -0.994. The molecule has 1 amide bonds. The van der Waals surface area contributed by atoms with E-state index < -0.39 is 61.5 Å². The van der Waals surface area contributed by atoms with E-state index in [1.165, 1.54) is 128 Å². The number of carbonyl (C=O) groups is 1. The van der Waals surface area contributed by atoms with Crippen molar-refractivity contribution in [1.82, 2.24) is 5.32 Å². The number of aliphatic hydroxyl groups excluding tert-OH is 6. The second-order valence-corrected chi connectivity index (χ2v) is 16.2. The van der Waals surface area contributed by atoms with E-state index in [1.807, 2.05) is 6.08 Å². The van der Waals surface area contributed by atoms with Gasteiger partial charge in [0.25, 0.3) is 0 Å². The van der Waals surface area contributed by atoms with Crippen molar-refractivity contribution in [2.45, 2.75) is 243 Å². The van der Waals surface area contributed by atoms with Crippen LogP contribution in [0, 0.1) is 0 Å². The molecule has 1 saturated heterocycles. The summed E-state index contributed by atoms with van der Waals surface area (Å²) in [5.41, 5.74) is 1.36. The highest BCUT2D eigenvalue weighted by Crippen LogP contribution is 2.23. The van der Waals surface area contributed by atoms with E-state index in [0.29, 0.717) is 19.3 Å². The zero-order chi connectivity index (χ0) is 40.5. The maximum Gasteiger partial charge on any atom is 0.249 e. The summed E-state index contributed by atoms with van der Waals surface area (Å²) >= 11 is 0. The van der Waals surface area contributed by atoms with Gasteiger partial charge in [-0.1, -0.05) is 179 Å². The van der Waals surface area contributed by atoms with Crippen molar-refractivity contribution >= 4 is 5.91 Å². The lowest BCUT2D eigenvalue weighted by molar-refractivity contribution is -0.302. The lowest BCUT2D eigenvalue weighted by atomic mass is 9.99. The normalized spacial score (nSPS) is 22.3. The van der Waals surface area contributed by atoms with Crippen molar-refractivity contribution in [3.8, 4) is 0 Å². The molecule has 324 valence electrons. The molecule has 0 radical (unpaired) electrons. The summed E-state index contributed by atoms with van der Waals surface area (Å²) < 4.78 is 11.1. The third kappa shape index (κ3) is 25.6. The predicted molar refractivity (Wildman–Crippen MR) is 223 cm³/mol. The first-order valence-electron chi connectivity index (χ1n) is 22.6. The van der Waals surface area contributed by atoms with E-state index in [0.717, 1.165) is 32.1 Å². The highest BCUT2D eigenvalue weighted by molar-refractivity contribution is 5.80. The first kappa shape index (κ1) is 51.6. The molecule has 1 heterocycles. The van der Waals surface area contributed by atoms with Crippen molar-refractivity contribution < 1.29 is 44.9 Å². The maximum absolute atomic E-state index is 13.0.